The Labute approximate surface area is 131 Å². The highest BCUT2D eigenvalue weighted by molar-refractivity contribution is 5.80. The second kappa shape index (κ2) is 7.22. The molecule has 1 amide bonds. The molecular weight excluding hydrogens is 276 g/mol. The molecule has 0 saturated carbocycles. The number of nitrogens with two attached hydrogens (primary N) is 1. The van der Waals surface area contributed by atoms with Crippen LogP contribution in [-0.4, -0.2) is 40.2 Å². The van der Waals surface area contributed by atoms with Gasteiger partial charge in [0.15, 0.2) is 0 Å². The van der Waals surface area contributed by atoms with Crippen LogP contribution in [0.15, 0.2) is 36.4 Å². The number of carbonyl (C=O) groups is 1. The van der Waals surface area contributed by atoms with E-state index >= 15 is 0 Å². The molecule has 0 fully saturated rings. The highest BCUT2D eigenvalue weighted by atomic mass is 16.2. The lowest BCUT2D eigenvalue weighted by Gasteiger charge is -2.18. The van der Waals surface area contributed by atoms with Gasteiger partial charge in [-0.25, -0.2) is 0 Å². The van der Waals surface area contributed by atoms with Gasteiger partial charge in [0.25, 0.3) is 0 Å². The number of hydrogen-bond acceptors (Lipinski definition) is 3. The van der Waals surface area contributed by atoms with E-state index in [1.165, 1.54) is 0 Å². The summed E-state index contributed by atoms with van der Waals surface area (Å²) in [6.45, 7) is 2.40. The molecule has 2 aromatic rings. The lowest BCUT2D eigenvalue weighted by molar-refractivity contribution is -0.130. The first kappa shape index (κ1) is 16.2. The van der Waals surface area contributed by atoms with Crippen molar-refractivity contribution in [1.82, 2.24) is 14.7 Å². The van der Waals surface area contributed by atoms with Crippen molar-refractivity contribution in [3.63, 3.8) is 0 Å². The van der Waals surface area contributed by atoms with Crippen LogP contribution in [-0.2, 0) is 18.3 Å². The molecule has 22 heavy (non-hydrogen) atoms. The summed E-state index contributed by atoms with van der Waals surface area (Å²) in [5.74, 6) is -0.0222. The lowest BCUT2D eigenvalue weighted by atomic mass is 10.1. The number of aryl methyl sites for hydroxylation is 2. The summed E-state index contributed by atoms with van der Waals surface area (Å²) in [4.78, 5) is 13.4. The monoisotopic (exact) mass is 300 g/mol. The Bertz CT molecular complexity index is 619. The zero-order chi connectivity index (χ0) is 16.1. The van der Waals surface area contributed by atoms with Gasteiger partial charge in [-0.15, -0.1) is 0 Å². The van der Waals surface area contributed by atoms with E-state index in [2.05, 4.69) is 23.3 Å². The van der Waals surface area contributed by atoms with Crippen LogP contribution in [0.2, 0.25) is 0 Å². The summed E-state index contributed by atoms with van der Waals surface area (Å²) in [5.41, 5.74) is 8.91. The third-order valence-electron chi connectivity index (χ3n) is 3.69. The van der Waals surface area contributed by atoms with Crippen molar-refractivity contribution in [2.24, 2.45) is 12.8 Å². The molecule has 0 unspecified atom stereocenters. The SMILES string of the molecule is C[C@@H](N)C(=O)N(C)CCCc1cc(-c2ccccc2)n(C)n1. The minimum absolute atomic E-state index is 0.0222. The first-order valence-electron chi connectivity index (χ1n) is 7.58. The molecule has 2 rings (SSSR count). The van der Waals surface area contributed by atoms with Gasteiger partial charge in [-0.3, -0.25) is 9.48 Å². The van der Waals surface area contributed by atoms with Crippen LogP contribution in [0.25, 0.3) is 11.3 Å². The van der Waals surface area contributed by atoms with Gasteiger partial charge in [0.2, 0.25) is 5.91 Å². The van der Waals surface area contributed by atoms with E-state index in [0.29, 0.717) is 6.54 Å². The average molecular weight is 300 g/mol. The minimum atomic E-state index is -0.440. The van der Waals surface area contributed by atoms with E-state index in [0.717, 1.165) is 29.8 Å². The van der Waals surface area contributed by atoms with Gasteiger partial charge < -0.3 is 10.6 Å². The number of rotatable bonds is 6. The minimum Gasteiger partial charge on any atom is -0.344 e. The van der Waals surface area contributed by atoms with Crippen LogP contribution in [0.1, 0.15) is 19.0 Å². The lowest BCUT2D eigenvalue weighted by Crippen LogP contribution is -2.40. The van der Waals surface area contributed by atoms with Crippen LogP contribution >= 0.6 is 0 Å². The van der Waals surface area contributed by atoms with Crippen LogP contribution in [0.3, 0.4) is 0 Å². The molecule has 1 aromatic carbocycles. The molecule has 1 aromatic heterocycles. The third kappa shape index (κ3) is 3.95. The van der Waals surface area contributed by atoms with Crippen molar-refractivity contribution in [2.75, 3.05) is 13.6 Å². The summed E-state index contributed by atoms with van der Waals surface area (Å²) >= 11 is 0. The molecule has 1 atom stereocenters. The smallest absolute Gasteiger partial charge is 0.238 e. The highest BCUT2D eigenvalue weighted by Gasteiger charge is 2.13. The van der Waals surface area contributed by atoms with Crippen LogP contribution in [0.5, 0.6) is 0 Å². The van der Waals surface area contributed by atoms with Gasteiger partial charge in [0, 0.05) is 20.6 Å². The average Bonchev–Trinajstić information content (AvgIpc) is 2.88. The number of aromatic nitrogens is 2. The van der Waals surface area contributed by atoms with E-state index < -0.39 is 6.04 Å². The summed E-state index contributed by atoms with van der Waals surface area (Å²) in [6, 6.07) is 11.9. The van der Waals surface area contributed by atoms with Crippen molar-refractivity contribution in [1.29, 1.82) is 0 Å². The van der Waals surface area contributed by atoms with Gasteiger partial charge in [-0.05, 0) is 31.4 Å². The predicted molar refractivity (Wildman–Crippen MR) is 88.3 cm³/mol. The summed E-state index contributed by atoms with van der Waals surface area (Å²) in [7, 11) is 3.75. The Morgan fingerprint density at radius 2 is 2.05 bits per heavy atom. The van der Waals surface area contributed by atoms with Crippen molar-refractivity contribution >= 4 is 5.91 Å². The summed E-state index contributed by atoms with van der Waals surface area (Å²) in [5, 5.41) is 4.55. The summed E-state index contributed by atoms with van der Waals surface area (Å²) in [6.07, 6.45) is 1.72. The Morgan fingerprint density at radius 3 is 2.68 bits per heavy atom. The Morgan fingerprint density at radius 1 is 1.36 bits per heavy atom. The molecule has 0 aliphatic carbocycles. The standard InChI is InChI=1S/C17H24N4O/c1-13(18)17(22)20(2)11-7-10-15-12-16(21(3)19-15)14-8-5-4-6-9-14/h4-6,8-9,12-13H,7,10-11,18H2,1-3H3/t13-/m1/s1. The van der Waals surface area contributed by atoms with Gasteiger partial charge in [0.1, 0.15) is 0 Å². The predicted octanol–water partition coefficient (Wildman–Crippen LogP) is 1.83. The first-order valence-corrected chi connectivity index (χ1v) is 7.58. The molecule has 1 heterocycles. The Balaban J connectivity index is 1.94. The fraction of sp³-hybridized carbons (Fsp3) is 0.412. The van der Waals surface area contributed by atoms with Crippen molar-refractivity contribution in [3.05, 3.63) is 42.1 Å². The van der Waals surface area contributed by atoms with Crippen molar-refractivity contribution in [2.45, 2.75) is 25.8 Å². The topological polar surface area (TPSA) is 64.2 Å². The fourth-order valence-electron chi connectivity index (χ4n) is 2.48. The maximum atomic E-state index is 11.7. The van der Waals surface area contributed by atoms with Crippen LogP contribution in [0, 0.1) is 0 Å². The van der Waals surface area contributed by atoms with E-state index in [4.69, 9.17) is 5.73 Å². The maximum absolute atomic E-state index is 11.7. The fourth-order valence-corrected chi connectivity index (χ4v) is 2.48. The van der Waals surface area contributed by atoms with E-state index in [-0.39, 0.29) is 5.91 Å². The zero-order valence-electron chi connectivity index (χ0n) is 13.5. The van der Waals surface area contributed by atoms with Gasteiger partial charge >= 0.3 is 0 Å². The van der Waals surface area contributed by atoms with E-state index in [9.17, 15) is 4.79 Å². The molecule has 0 radical (unpaired) electrons. The quantitative estimate of drug-likeness (QED) is 0.885. The molecule has 0 saturated heterocycles. The molecule has 5 nitrogen and oxygen atoms in total. The highest BCUT2D eigenvalue weighted by Crippen LogP contribution is 2.19. The number of carbonyl (C=O) groups excluding carboxylic acids is 1. The third-order valence-corrected chi connectivity index (χ3v) is 3.69. The number of amides is 1. The number of hydrogen-bond donors (Lipinski definition) is 1. The number of nitrogens with zero attached hydrogens (tertiary/aromatic N) is 3. The van der Waals surface area contributed by atoms with Crippen molar-refractivity contribution in [3.8, 4) is 11.3 Å². The second-order valence-electron chi connectivity index (χ2n) is 5.66. The van der Waals surface area contributed by atoms with Crippen LogP contribution in [0.4, 0.5) is 0 Å². The molecule has 0 aliphatic rings. The van der Waals surface area contributed by atoms with Gasteiger partial charge in [-0.2, -0.15) is 5.10 Å². The van der Waals surface area contributed by atoms with E-state index in [1.54, 1.807) is 18.9 Å². The normalized spacial score (nSPS) is 12.2. The molecule has 0 bridgehead atoms. The molecule has 2 N–H and O–H groups in total. The molecule has 118 valence electrons. The largest absolute Gasteiger partial charge is 0.344 e. The Hall–Kier alpha value is -2.14. The number of benzene rings is 1. The molecule has 0 aliphatic heterocycles. The maximum Gasteiger partial charge on any atom is 0.238 e. The second-order valence-corrected chi connectivity index (χ2v) is 5.66. The molecule has 0 spiro atoms. The van der Waals surface area contributed by atoms with Gasteiger partial charge in [-0.1, -0.05) is 30.3 Å². The summed E-state index contributed by atoms with van der Waals surface area (Å²) < 4.78 is 1.90. The van der Waals surface area contributed by atoms with Gasteiger partial charge in [0.05, 0.1) is 17.4 Å². The zero-order valence-corrected chi connectivity index (χ0v) is 13.5. The Kier molecular flexibility index (Phi) is 5.33. The van der Waals surface area contributed by atoms with Crippen molar-refractivity contribution < 1.29 is 4.79 Å². The first-order chi connectivity index (χ1) is 10.5. The number of likely N-dealkylation sites (N-methyl/N-ethyl adjacent to an activating group) is 1. The molecule has 5 heteroatoms. The molecular formula is C17H24N4O. The van der Waals surface area contributed by atoms with Crippen LogP contribution < -0.4 is 5.73 Å². The van der Waals surface area contributed by atoms with E-state index in [1.807, 2.05) is 29.9 Å².